The van der Waals surface area contributed by atoms with Gasteiger partial charge in [0.1, 0.15) is 0 Å². The number of nitrogens with two attached hydrogens (primary N) is 1. The summed E-state index contributed by atoms with van der Waals surface area (Å²) in [7, 11) is 0. The highest BCUT2D eigenvalue weighted by atomic mass is 16.1. The maximum absolute atomic E-state index is 12.4. The first-order valence-corrected chi connectivity index (χ1v) is 8.18. The molecule has 23 heavy (non-hydrogen) atoms. The Morgan fingerprint density at radius 1 is 0.957 bits per heavy atom. The molecule has 0 amide bonds. The van der Waals surface area contributed by atoms with E-state index in [-0.39, 0.29) is 11.7 Å². The van der Waals surface area contributed by atoms with Crippen LogP contribution in [-0.2, 0) is 19.5 Å². The van der Waals surface area contributed by atoms with Gasteiger partial charge in [-0.3, -0.25) is 9.13 Å². The summed E-state index contributed by atoms with van der Waals surface area (Å²) in [5.74, 6) is 0. The average molecular weight is 309 g/mol. The van der Waals surface area contributed by atoms with Crippen LogP contribution in [0.4, 0.5) is 0 Å². The van der Waals surface area contributed by atoms with Gasteiger partial charge >= 0.3 is 5.69 Å². The lowest BCUT2D eigenvalue weighted by Crippen LogP contribution is -2.23. The largest absolute Gasteiger partial charge is 0.329 e. The lowest BCUT2D eigenvalue weighted by atomic mass is 9.99. The van der Waals surface area contributed by atoms with Gasteiger partial charge in [-0.05, 0) is 43.5 Å². The van der Waals surface area contributed by atoms with E-state index in [1.54, 1.807) is 0 Å². The molecular weight excluding hydrogens is 286 g/mol. The number of rotatable bonds is 5. The lowest BCUT2D eigenvalue weighted by molar-refractivity contribution is 0.670. The molecule has 1 heterocycles. The highest BCUT2D eigenvalue weighted by molar-refractivity contribution is 5.77. The fraction of sp³-hybridized carbons (Fsp3) is 0.316. The number of aromatic nitrogens is 2. The maximum atomic E-state index is 12.4. The molecule has 0 aliphatic rings. The number of hydrogen-bond acceptors (Lipinski definition) is 2. The Hall–Kier alpha value is -2.33. The van der Waals surface area contributed by atoms with Crippen LogP contribution in [0.25, 0.3) is 11.0 Å². The fourth-order valence-electron chi connectivity index (χ4n) is 3.16. The molecular formula is C19H23N3O. The van der Waals surface area contributed by atoms with Gasteiger partial charge < -0.3 is 5.73 Å². The fourth-order valence-corrected chi connectivity index (χ4v) is 3.16. The molecule has 3 rings (SSSR count). The molecule has 1 aromatic heterocycles. The number of nitrogens with zero attached hydrogens (tertiary/aromatic N) is 2. The standard InChI is InChI=1S/C19H23N3O/c1-3-21-17-11-10-15(13-18(17)22(4-2)19(21)23)16(20)12-14-8-6-5-7-9-14/h5-11,13,16H,3-4,12,20H2,1-2H3. The third kappa shape index (κ3) is 2.82. The summed E-state index contributed by atoms with van der Waals surface area (Å²) in [6.45, 7) is 5.34. The van der Waals surface area contributed by atoms with E-state index in [1.165, 1.54) is 5.56 Å². The molecule has 1 unspecified atom stereocenters. The average Bonchev–Trinajstić information content (AvgIpc) is 2.85. The summed E-state index contributed by atoms with van der Waals surface area (Å²) in [5, 5.41) is 0. The van der Waals surface area contributed by atoms with E-state index in [0.717, 1.165) is 23.0 Å². The van der Waals surface area contributed by atoms with Crippen molar-refractivity contribution in [3.63, 3.8) is 0 Å². The van der Waals surface area contributed by atoms with Gasteiger partial charge in [0, 0.05) is 19.1 Å². The molecule has 1 atom stereocenters. The van der Waals surface area contributed by atoms with Crippen molar-refractivity contribution >= 4 is 11.0 Å². The SMILES string of the molecule is CCn1c(=O)n(CC)c2cc(C(N)Cc3ccccc3)ccc21. The van der Waals surface area contributed by atoms with Gasteiger partial charge in [-0.25, -0.2) is 4.79 Å². The Balaban J connectivity index is 2.01. The predicted molar refractivity (Wildman–Crippen MR) is 94.6 cm³/mol. The minimum Gasteiger partial charge on any atom is -0.324 e. The number of fused-ring (bicyclic) bond motifs is 1. The van der Waals surface area contributed by atoms with Crippen molar-refractivity contribution < 1.29 is 0 Å². The van der Waals surface area contributed by atoms with E-state index in [0.29, 0.717) is 13.1 Å². The number of imidazole rings is 1. The van der Waals surface area contributed by atoms with Crippen molar-refractivity contribution in [2.24, 2.45) is 5.73 Å². The van der Waals surface area contributed by atoms with Gasteiger partial charge in [0.05, 0.1) is 11.0 Å². The third-order valence-corrected chi connectivity index (χ3v) is 4.40. The van der Waals surface area contributed by atoms with Crippen molar-refractivity contribution in [3.05, 3.63) is 70.1 Å². The molecule has 0 aliphatic heterocycles. The zero-order valence-electron chi connectivity index (χ0n) is 13.7. The monoisotopic (exact) mass is 309 g/mol. The first kappa shape index (κ1) is 15.6. The van der Waals surface area contributed by atoms with Crippen LogP contribution in [0.2, 0.25) is 0 Å². The van der Waals surface area contributed by atoms with E-state index < -0.39 is 0 Å². The van der Waals surface area contributed by atoms with E-state index in [4.69, 9.17) is 5.73 Å². The first-order chi connectivity index (χ1) is 11.2. The van der Waals surface area contributed by atoms with Crippen LogP contribution in [0.1, 0.15) is 31.0 Å². The maximum Gasteiger partial charge on any atom is 0.329 e. The van der Waals surface area contributed by atoms with Gasteiger partial charge in [-0.2, -0.15) is 0 Å². The number of aryl methyl sites for hydroxylation is 2. The Morgan fingerprint density at radius 2 is 1.61 bits per heavy atom. The molecule has 0 spiro atoms. The first-order valence-electron chi connectivity index (χ1n) is 8.18. The molecule has 3 aromatic rings. The van der Waals surface area contributed by atoms with Gasteiger partial charge in [-0.1, -0.05) is 36.4 Å². The van der Waals surface area contributed by atoms with Crippen LogP contribution in [-0.4, -0.2) is 9.13 Å². The molecule has 4 heteroatoms. The van der Waals surface area contributed by atoms with E-state index in [9.17, 15) is 4.79 Å². The Kier molecular flexibility index (Phi) is 4.35. The highest BCUT2D eigenvalue weighted by Crippen LogP contribution is 2.21. The normalized spacial score (nSPS) is 12.7. The second-order valence-electron chi connectivity index (χ2n) is 5.82. The van der Waals surface area contributed by atoms with E-state index in [2.05, 4.69) is 18.2 Å². The minimum atomic E-state index is -0.0767. The van der Waals surface area contributed by atoms with Crippen molar-refractivity contribution in [1.82, 2.24) is 9.13 Å². The molecule has 0 saturated heterocycles. The zero-order valence-corrected chi connectivity index (χ0v) is 13.7. The van der Waals surface area contributed by atoms with Crippen LogP contribution in [0.3, 0.4) is 0 Å². The van der Waals surface area contributed by atoms with Crippen LogP contribution < -0.4 is 11.4 Å². The molecule has 4 nitrogen and oxygen atoms in total. The summed E-state index contributed by atoms with van der Waals surface area (Å²) in [4.78, 5) is 12.4. The topological polar surface area (TPSA) is 53.0 Å². The van der Waals surface area contributed by atoms with Gasteiger partial charge in [0.2, 0.25) is 0 Å². The van der Waals surface area contributed by atoms with Gasteiger partial charge in [0.25, 0.3) is 0 Å². The second-order valence-corrected chi connectivity index (χ2v) is 5.82. The summed E-state index contributed by atoms with van der Waals surface area (Å²) in [6.07, 6.45) is 0.789. The predicted octanol–water partition coefficient (Wildman–Crippen LogP) is 3.09. The molecule has 0 saturated carbocycles. The number of benzene rings is 2. The Morgan fingerprint density at radius 3 is 2.26 bits per heavy atom. The van der Waals surface area contributed by atoms with Crippen molar-refractivity contribution in [3.8, 4) is 0 Å². The molecule has 0 aliphatic carbocycles. The molecule has 2 N–H and O–H groups in total. The summed E-state index contributed by atoms with van der Waals surface area (Å²) < 4.78 is 3.63. The number of hydrogen-bond donors (Lipinski definition) is 1. The van der Waals surface area contributed by atoms with Crippen LogP contribution in [0.15, 0.2) is 53.3 Å². The van der Waals surface area contributed by atoms with Crippen LogP contribution in [0, 0.1) is 0 Å². The van der Waals surface area contributed by atoms with Crippen molar-refractivity contribution in [2.75, 3.05) is 0 Å². The summed E-state index contributed by atoms with van der Waals surface area (Å²) >= 11 is 0. The summed E-state index contributed by atoms with van der Waals surface area (Å²) in [5.41, 5.74) is 10.7. The third-order valence-electron chi connectivity index (χ3n) is 4.40. The van der Waals surface area contributed by atoms with Crippen molar-refractivity contribution in [1.29, 1.82) is 0 Å². The Labute approximate surface area is 136 Å². The smallest absolute Gasteiger partial charge is 0.324 e. The van der Waals surface area contributed by atoms with E-state index >= 15 is 0 Å². The van der Waals surface area contributed by atoms with Crippen molar-refractivity contribution in [2.45, 2.75) is 39.4 Å². The zero-order chi connectivity index (χ0) is 16.4. The van der Waals surface area contributed by atoms with Gasteiger partial charge in [0.15, 0.2) is 0 Å². The molecule has 120 valence electrons. The molecule has 0 radical (unpaired) electrons. The van der Waals surface area contributed by atoms with Crippen LogP contribution >= 0.6 is 0 Å². The Bertz CT molecular complexity index is 861. The van der Waals surface area contributed by atoms with Gasteiger partial charge in [-0.15, -0.1) is 0 Å². The molecule has 2 aromatic carbocycles. The van der Waals surface area contributed by atoms with Crippen LogP contribution in [0.5, 0.6) is 0 Å². The quantitative estimate of drug-likeness (QED) is 0.787. The molecule has 0 fully saturated rings. The molecule has 0 bridgehead atoms. The highest BCUT2D eigenvalue weighted by Gasteiger charge is 2.14. The minimum absolute atomic E-state index is 0.0544. The second kappa shape index (κ2) is 6.42. The summed E-state index contributed by atoms with van der Waals surface area (Å²) in [6, 6.07) is 16.3. The lowest BCUT2D eigenvalue weighted by Gasteiger charge is -2.13. The van der Waals surface area contributed by atoms with E-state index in [1.807, 2.05) is 53.3 Å².